The first-order valence-corrected chi connectivity index (χ1v) is 10.3. The molecule has 0 atom stereocenters. The number of aromatic nitrogens is 2. The number of pyridine rings is 2. The van der Waals surface area contributed by atoms with Gasteiger partial charge in [-0.25, -0.2) is 14.4 Å². The minimum absolute atomic E-state index is 0.0468. The number of hydrogen-bond acceptors (Lipinski definition) is 5. The van der Waals surface area contributed by atoms with Crippen LogP contribution < -0.4 is 10.2 Å². The Morgan fingerprint density at radius 2 is 1.97 bits per heavy atom. The standard InChI is InChI=1S/C24H23F4N5/c1-5-19(24(26,27)28)23-32(4)22-18(9-10-20(31-22)16-6-7-16)15(3)33(23)13-14(2)30-21-11-8-17(25)12-29-21/h5,8-12,16H,1-3,6-7,13H2,4H3,(H,29,30)/b23-19-. The number of hydrogen-bond donors (Lipinski definition) is 1. The molecule has 1 aliphatic carbocycles. The highest BCUT2D eigenvalue weighted by Crippen LogP contribution is 2.45. The van der Waals surface area contributed by atoms with Gasteiger partial charge in [0.05, 0.1) is 18.3 Å². The molecule has 172 valence electrons. The Hall–Kier alpha value is -3.62. The lowest BCUT2D eigenvalue weighted by molar-refractivity contribution is -0.0900. The summed E-state index contributed by atoms with van der Waals surface area (Å²) in [6.07, 6.45) is -0.779. The average Bonchev–Trinajstić information content (AvgIpc) is 3.60. The molecule has 0 unspecified atom stereocenters. The first-order valence-electron chi connectivity index (χ1n) is 10.3. The lowest BCUT2D eigenvalue weighted by Gasteiger charge is -2.42. The summed E-state index contributed by atoms with van der Waals surface area (Å²) in [4.78, 5) is 11.4. The molecule has 1 saturated carbocycles. The number of fused-ring (bicyclic) bond motifs is 1. The van der Waals surface area contributed by atoms with Crippen molar-refractivity contribution in [3.8, 4) is 0 Å². The predicted octanol–water partition coefficient (Wildman–Crippen LogP) is 5.80. The van der Waals surface area contributed by atoms with Crippen LogP contribution in [0.4, 0.5) is 29.2 Å². The molecular formula is C24H23F4N5. The molecule has 9 heteroatoms. The molecule has 0 radical (unpaired) electrons. The van der Waals surface area contributed by atoms with Gasteiger partial charge in [-0.15, -0.1) is 0 Å². The maximum atomic E-state index is 14.0. The Bertz CT molecular complexity index is 1150. The van der Waals surface area contributed by atoms with Crippen molar-refractivity contribution in [3.63, 3.8) is 0 Å². The van der Waals surface area contributed by atoms with Crippen LogP contribution in [0.1, 0.15) is 30.0 Å². The van der Waals surface area contributed by atoms with Crippen LogP contribution in [-0.4, -0.2) is 34.6 Å². The molecule has 0 bridgehead atoms. The Morgan fingerprint density at radius 1 is 1.24 bits per heavy atom. The van der Waals surface area contributed by atoms with E-state index in [9.17, 15) is 17.6 Å². The van der Waals surface area contributed by atoms with Gasteiger partial charge in [-0.3, -0.25) is 0 Å². The van der Waals surface area contributed by atoms with E-state index in [1.54, 1.807) is 7.05 Å². The number of anilines is 2. The van der Waals surface area contributed by atoms with Gasteiger partial charge >= 0.3 is 6.18 Å². The minimum Gasteiger partial charge on any atom is -0.343 e. The molecule has 0 saturated heterocycles. The molecule has 1 aliphatic heterocycles. The summed E-state index contributed by atoms with van der Waals surface area (Å²) in [5, 5.41) is 2.91. The molecule has 5 nitrogen and oxygen atoms in total. The molecule has 3 heterocycles. The maximum absolute atomic E-state index is 14.0. The second kappa shape index (κ2) is 8.38. The molecule has 2 aliphatic rings. The van der Waals surface area contributed by atoms with Gasteiger partial charge < -0.3 is 15.1 Å². The zero-order valence-electron chi connectivity index (χ0n) is 18.1. The van der Waals surface area contributed by atoms with Crippen molar-refractivity contribution in [2.24, 2.45) is 0 Å². The van der Waals surface area contributed by atoms with Gasteiger partial charge in [0.25, 0.3) is 0 Å². The second-order valence-corrected chi connectivity index (χ2v) is 8.00. The number of halogens is 4. The van der Waals surface area contributed by atoms with Crippen molar-refractivity contribution in [2.75, 3.05) is 23.8 Å². The van der Waals surface area contributed by atoms with Crippen molar-refractivity contribution in [3.05, 3.63) is 90.4 Å². The van der Waals surface area contributed by atoms with Gasteiger partial charge in [0, 0.05) is 35.6 Å². The second-order valence-electron chi connectivity index (χ2n) is 8.00. The van der Waals surface area contributed by atoms with E-state index in [0.717, 1.165) is 30.8 Å². The van der Waals surface area contributed by atoms with Crippen LogP contribution in [0.15, 0.2) is 73.4 Å². The minimum atomic E-state index is -4.65. The topological polar surface area (TPSA) is 44.3 Å². The summed E-state index contributed by atoms with van der Waals surface area (Å²) in [7, 11) is 1.55. The van der Waals surface area contributed by atoms with Crippen molar-refractivity contribution in [2.45, 2.75) is 24.9 Å². The molecule has 0 aromatic carbocycles. The highest BCUT2D eigenvalue weighted by atomic mass is 19.4. The third-order valence-electron chi connectivity index (χ3n) is 5.55. The van der Waals surface area contributed by atoms with Gasteiger partial charge in [0.15, 0.2) is 0 Å². The summed E-state index contributed by atoms with van der Waals surface area (Å²) in [6, 6.07) is 6.38. The monoisotopic (exact) mass is 457 g/mol. The zero-order chi connectivity index (χ0) is 23.9. The third-order valence-corrected chi connectivity index (χ3v) is 5.55. The van der Waals surface area contributed by atoms with Crippen LogP contribution in [0.5, 0.6) is 0 Å². The normalized spacial score (nSPS) is 17.5. The van der Waals surface area contributed by atoms with Crippen molar-refractivity contribution in [1.29, 1.82) is 0 Å². The Kier molecular flexibility index (Phi) is 5.73. The zero-order valence-corrected chi connectivity index (χ0v) is 18.1. The quantitative estimate of drug-likeness (QED) is 0.556. The highest BCUT2D eigenvalue weighted by Gasteiger charge is 2.41. The predicted molar refractivity (Wildman–Crippen MR) is 121 cm³/mol. The SMILES string of the molecule is C=C/C(=C1/N(CC(=C)Nc2ccc(F)cn2)C(=C)c2ccc(C3CC3)nc2N1C)C(F)(F)F. The van der Waals surface area contributed by atoms with Crippen LogP contribution in [0.3, 0.4) is 0 Å². The van der Waals surface area contributed by atoms with E-state index in [-0.39, 0.29) is 12.4 Å². The van der Waals surface area contributed by atoms with Crippen molar-refractivity contribution >= 4 is 17.3 Å². The molecule has 2 aromatic rings. The number of allylic oxidation sites excluding steroid dienone is 2. The smallest absolute Gasteiger partial charge is 0.343 e. The molecule has 33 heavy (non-hydrogen) atoms. The van der Waals surface area contributed by atoms with E-state index in [4.69, 9.17) is 0 Å². The number of alkyl halides is 3. The first-order chi connectivity index (χ1) is 15.6. The van der Waals surface area contributed by atoms with Gasteiger partial charge in [-0.1, -0.05) is 25.8 Å². The van der Waals surface area contributed by atoms with E-state index in [0.29, 0.717) is 34.5 Å². The van der Waals surface area contributed by atoms with Gasteiger partial charge in [0.1, 0.15) is 23.3 Å². The van der Waals surface area contributed by atoms with Crippen LogP contribution in [0.2, 0.25) is 0 Å². The number of nitrogens with one attached hydrogen (secondary N) is 1. The summed E-state index contributed by atoms with van der Waals surface area (Å²) in [6.45, 7) is 11.3. The fraction of sp³-hybridized carbons (Fsp3) is 0.250. The maximum Gasteiger partial charge on any atom is 0.419 e. The van der Waals surface area contributed by atoms with E-state index >= 15 is 0 Å². The summed E-state index contributed by atoms with van der Waals surface area (Å²) >= 11 is 0. The summed E-state index contributed by atoms with van der Waals surface area (Å²) in [5.41, 5.74) is 1.28. The first kappa shape index (κ1) is 22.6. The van der Waals surface area contributed by atoms with E-state index in [2.05, 4.69) is 35.0 Å². The molecule has 0 amide bonds. The Labute approximate surface area is 189 Å². The van der Waals surface area contributed by atoms with E-state index in [1.807, 2.05) is 12.1 Å². The van der Waals surface area contributed by atoms with E-state index in [1.165, 1.54) is 21.9 Å². The molecule has 4 rings (SSSR count). The fourth-order valence-electron chi connectivity index (χ4n) is 3.80. The third kappa shape index (κ3) is 4.48. The van der Waals surface area contributed by atoms with E-state index < -0.39 is 17.6 Å². The molecule has 2 aromatic heterocycles. The summed E-state index contributed by atoms with van der Waals surface area (Å²) < 4.78 is 55.1. The lowest BCUT2D eigenvalue weighted by Crippen LogP contribution is -2.41. The van der Waals surface area contributed by atoms with Crippen molar-refractivity contribution < 1.29 is 17.6 Å². The van der Waals surface area contributed by atoms with Gasteiger partial charge in [-0.2, -0.15) is 13.2 Å². The number of nitrogens with zero attached hydrogens (tertiary/aromatic N) is 4. The lowest BCUT2D eigenvalue weighted by atomic mass is 10.0. The molecule has 0 spiro atoms. The Morgan fingerprint density at radius 3 is 2.55 bits per heavy atom. The van der Waals surface area contributed by atoms with Crippen LogP contribution in [0.25, 0.3) is 5.70 Å². The largest absolute Gasteiger partial charge is 0.419 e. The highest BCUT2D eigenvalue weighted by molar-refractivity contribution is 5.79. The molecule has 1 N–H and O–H groups in total. The fourth-order valence-corrected chi connectivity index (χ4v) is 3.80. The van der Waals surface area contributed by atoms with Crippen LogP contribution in [-0.2, 0) is 0 Å². The van der Waals surface area contributed by atoms with Crippen molar-refractivity contribution in [1.82, 2.24) is 14.9 Å². The summed E-state index contributed by atoms with van der Waals surface area (Å²) in [5.74, 6) is 0.427. The average molecular weight is 457 g/mol. The molecular weight excluding hydrogens is 434 g/mol. The molecule has 1 fully saturated rings. The van der Waals surface area contributed by atoms with Crippen LogP contribution >= 0.6 is 0 Å². The Balaban J connectivity index is 1.74. The van der Waals surface area contributed by atoms with Gasteiger partial charge in [0.2, 0.25) is 0 Å². The van der Waals surface area contributed by atoms with Gasteiger partial charge in [-0.05, 0) is 37.1 Å². The van der Waals surface area contributed by atoms with Crippen LogP contribution in [0, 0.1) is 5.82 Å². The number of rotatable bonds is 6.